The number of phenols is 1. The number of phenolic OH excluding ortho intramolecular Hbond substituents is 1. The molecule has 1 atom stereocenters. The van der Waals surface area contributed by atoms with Crippen LogP contribution >= 0.6 is 0 Å². The average molecular weight is 237 g/mol. The highest BCUT2D eigenvalue weighted by molar-refractivity contribution is 5.95. The van der Waals surface area contributed by atoms with Crippen LogP contribution in [0.4, 0.5) is 0 Å². The number of hydrogen-bond acceptors (Lipinski definition) is 3. The highest BCUT2D eigenvalue weighted by atomic mass is 16.3. The van der Waals surface area contributed by atoms with Crippen molar-refractivity contribution in [2.45, 2.75) is 32.7 Å². The fraction of sp³-hybridized carbons (Fsp3) is 0.462. The second-order valence-electron chi connectivity index (χ2n) is 4.24. The van der Waals surface area contributed by atoms with Crippen molar-refractivity contribution in [1.29, 1.82) is 0 Å². The zero-order chi connectivity index (χ0) is 12.8. The van der Waals surface area contributed by atoms with Gasteiger partial charge in [0.15, 0.2) is 0 Å². The first-order valence-corrected chi connectivity index (χ1v) is 5.76. The van der Waals surface area contributed by atoms with E-state index in [1.165, 1.54) is 6.07 Å². The topological polar surface area (TPSA) is 69.6 Å². The van der Waals surface area contributed by atoms with Gasteiger partial charge in [0, 0.05) is 18.2 Å². The lowest BCUT2D eigenvalue weighted by atomic mass is 10.1. The molecule has 0 spiro atoms. The summed E-state index contributed by atoms with van der Waals surface area (Å²) < 4.78 is 0. The summed E-state index contributed by atoms with van der Waals surface area (Å²) in [4.78, 5) is 11.9. The van der Waals surface area contributed by atoms with E-state index in [1.54, 1.807) is 19.1 Å². The normalized spacial score (nSPS) is 12.2. The van der Waals surface area contributed by atoms with Crippen molar-refractivity contribution >= 4 is 5.91 Å². The van der Waals surface area contributed by atoms with Crippen molar-refractivity contribution < 1.29 is 15.0 Å². The number of nitrogens with one attached hydrogen (secondary N) is 1. The molecule has 0 aliphatic rings. The Kier molecular flexibility index (Phi) is 4.97. The molecule has 94 valence electrons. The number of amides is 1. The third-order valence-corrected chi connectivity index (χ3v) is 2.63. The average Bonchev–Trinajstić information content (AvgIpc) is 2.26. The minimum absolute atomic E-state index is 0.0304. The molecule has 1 aromatic carbocycles. The van der Waals surface area contributed by atoms with Crippen LogP contribution < -0.4 is 5.32 Å². The van der Waals surface area contributed by atoms with Gasteiger partial charge in [0.2, 0.25) is 0 Å². The molecular formula is C13H19NO3. The highest BCUT2D eigenvalue weighted by Gasteiger charge is 2.11. The predicted molar refractivity (Wildman–Crippen MR) is 66.1 cm³/mol. The van der Waals surface area contributed by atoms with Crippen LogP contribution in [0.2, 0.25) is 0 Å². The summed E-state index contributed by atoms with van der Waals surface area (Å²) in [5.41, 5.74) is 1.32. The van der Waals surface area contributed by atoms with Gasteiger partial charge in [-0.1, -0.05) is 0 Å². The molecule has 1 amide bonds. The van der Waals surface area contributed by atoms with Gasteiger partial charge in [0.25, 0.3) is 5.91 Å². The summed E-state index contributed by atoms with van der Waals surface area (Å²) in [6, 6.07) is 4.70. The number of aromatic hydroxyl groups is 1. The number of benzene rings is 1. The molecule has 3 N–H and O–H groups in total. The molecule has 1 rings (SSSR count). The Balaban J connectivity index is 2.63. The SMILES string of the molecule is Cc1cc(O)ccc1C(=O)NC(C)CCCO. The van der Waals surface area contributed by atoms with E-state index in [-0.39, 0.29) is 24.3 Å². The first kappa shape index (κ1) is 13.5. The predicted octanol–water partition coefficient (Wildman–Crippen LogP) is 1.59. The van der Waals surface area contributed by atoms with Crippen LogP contribution in [0, 0.1) is 6.92 Å². The van der Waals surface area contributed by atoms with E-state index in [1.807, 2.05) is 6.92 Å². The summed E-state index contributed by atoms with van der Waals surface area (Å²) in [6.07, 6.45) is 1.43. The molecular weight excluding hydrogens is 218 g/mol. The Bertz CT molecular complexity index is 390. The maximum Gasteiger partial charge on any atom is 0.251 e. The van der Waals surface area contributed by atoms with Gasteiger partial charge in [0.1, 0.15) is 5.75 Å². The lowest BCUT2D eigenvalue weighted by Crippen LogP contribution is -2.33. The molecule has 0 aliphatic heterocycles. The van der Waals surface area contributed by atoms with Gasteiger partial charge >= 0.3 is 0 Å². The number of carbonyl (C=O) groups is 1. The number of aliphatic hydroxyl groups excluding tert-OH is 1. The fourth-order valence-corrected chi connectivity index (χ4v) is 1.67. The van der Waals surface area contributed by atoms with E-state index < -0.39 is 0 Å². The van der Waals surface area contributed by atoms with Gasteiger partial charge in [-0.05, 0) is 50.5 Å². The molecule has 0 heterocycles. The standard InChI is InChI=1S/C13H19NO3/c1-9-8-11(16)5-6-12(9)13(17)14-10(2)4-3-7-15/h5-6,8,10,15-16H,3-4,7H2,1-2H3,(H,14,17). The summed E-state index contributed by atoms with van der Waals surface area (Å²) in [5.74, 6) is 0.0142. The van der Waals surface area contributed by atoms with E-state index in [0.717, 1.165) is 12.0 Å². The molecule has 0 saturated carbocycles. The molecule has 0 bridgehead atoms. The van der Waals surface area contributed by atoms with Crippen LogP contribution in [-0.4, -0.2) is 28.8 Å². The van der Waals surface area contributed by atoms with Crippen LogP contribution in [-0.2, 0) is 0 Å². The minimum Gasteiger partial charge on any atom is -0.508 e. The first-order chi connectivity index (χ1) is 8.04. The minimum atomic E-state index is -0.145. The van der Waals surface area contributed by atoms with Gasteiger partial charge in [-0.3, -0.25) is 4.79 Å². The molecule has 4 nitrogen and oxygen atoms in total. The zero-order valence-electron chi connectivity index (χ0n) is 10.2. The molecule has 1 unspecified atom stereocenters. The molecule has 0 fully saturated rings. The van der Waals surface area contributed by atoms with Crippen LogP contribution in [0.1, 0.15) is 35.7 Å². The molecule has 0 saturated heterocycles. The summed E-state index contributed by atoms with van der Waals surface area (Å²) in [5, 5.41) is 20.8. The molecule has 4 heteroatoms. The van der Waals surface area contributed by atoms with Gasteiger partial charge in [-0.25, -0.2) is 0 Å². The molecule has 17 heavy (non-hydrogen) atoms. The highest BCUT2D eigenvalue weighted by Crippen LogP contribution is 2.15. The number of hydrogen-bond donors (Lipinski definition) is 3. The molecule has 1 aromatic rings. The van der Waals surface area contributed by atoms with E-state index in [2.05, 4.69) is 5.32 Å². The van der Waals surface area contributed by atoms with Crippen LogP contribution in [0.15, 0.2) is 18.2 Å². The van der Waals surface area contributed by atoms with Crippen LogP contribution in [0.3, 0.4) is 0 Å². The van der Waals surface area contributed by atoms with E-state index in [0.29, 0.717) is 12.0 Å². The van der Waals surface area contributed by atoms with Crippen molar-refractivity contribution in [3.8, 4) is 5.75 Å². The Hall–Kier alpha value is -1.55. The summed E-state index contributed by atoms with van der Waals surface area (Å²) in [7, 11) is 0. The second-order valence-corrected chi connectivity index (χ2v) is 4.24. The van der Waals surface area contributed by atoms with E-state index in [4.69, 9.17) is 5.11 Å². The molecule has 0 aromatic heterocycles. The van der Waals surface area contributed by atoms with Gasteiger partial charge in [-0.2, -0.15) is 0 Å². The summed E-state index contributed by atoms with van der Waals surface area (Å²) in [6.45, 7) is 3.83. The number of aliphatic hydroxyl groups is 1. The molecule has 0 aliphatic carbocycles. The summed E-state index contributed by atoms with van der Waals surface area (Å²) >= 11 is 0. The van der Waals surface area contributed by atoms with Crippen molar-refractivity contribution in [2.24, 2.45) is 0 Å². The Morgan fingerprint density at radius 2 is 2.18 bits per heavy atom. The van der Waals surface area contributed by atoms with Gasteiger partial charge in [0.05, 0.1) is 0 Å². The van der Waals surface area contributed by atoms with Crippen LogP contribution in [0.25, 0.3) is 0 Å². The van der Waals surface area contributed by atoms with Crippen LogP contribution in [0.5, 0.6) is 5.75 Å². The Morgan fingerprint density at radius 3 is 2.76 bits per heavy atom. The van der Waals surface area contributed by atoms with Crippen molar-refractivity contribution in [2.75, 3.05) is 6.61 Å². The maximum absolute atomic E-state index is 11.9. The quantitative estimate of drug-likeness (QED) is 0.728. The third-order valence-electron chi connectivity index (χ3n) is 2.63. The monoisotopic (exact) mass is 237 g/mol. The lowest BCUT2D eigenvalue weighted by Gasteiger charge is -2.14. The number of carbonyl (C=O) groups excluding carboxylic acids is 1. The van der Waals surface area contributed by atoms with Gasteiger partial charge < -0.3 is 15.5 Å². The largest absolute Gasteiger partial charge is 0.508 e. The third kappa shape index (κ3) is 4.07. The number of aryl methyl sites for hydroxylation is 1. The van der Waals surface area contributed by atoms with Crippen molar-refractivity contribution in [1.82, 2.24) is 5.32 Å². The smallest absolute Gasteiger partial charge is 0.251 e. The fourth-order valence-electron chi connectivity index (χ4n) is 1.67. The van der Waals surface area contributed by atoms with E-state index >= 15 is 0 Å². The van der Waals surface area contributed by atoms with Gasteiger partial charge in [-0.15, -0.1) is 0 Å². The number of rotatable bonds is 5. The maximum atomic E-state index is 11.9. The van der Waals surface area contributed by atoms with Crippen molar-refractivity contribution in [3.63, 3.8) is 0 Å². The second kappa shape index (κ2) is 6.25. The lowest BCUT2D eigenvalue weighted by molar-refractivity contribution is 0.0936. The first-order valence-electron chi connectivity index (χ1n) is 5.76. The molecule has 0 radical (unpaired) electrons. The van der Waals surface area contributed by atoms with Crippen molar-refractivity contribution in [3.05, 3.63) is 29.3 Å². The Morgan fingerprint density at radius 1 is 1.47 bits per heavy atom. The Labute approximate surface area is 101 Å². The van der Waals surface area contributed by atoms with E-state index in [9.17, 15) is 9.90 Å². The zero-order valence-corrected chi connectivity index (χ0v) is 10.2.